The molecule has 0 saturated heterocycles. The molecule has 1 N–H and O–H groups in total. The van der Waals surface area contributed by atoms with Crippen molar-refractivity contribution in [2.24, 2.45) is 0 Å². The van der Waals surface area contributed by atoms with Gasteiger partial charge in [0.05, 0.1) is 0 Å². The van der Waals surface area contributed by atoms with Crippen molar-refractivity contribution >= 4 is 5.69 Å². The molecule has 0 spiro atoms. The summed E-state index contributed by atoms with van der Waals surface area (Å²) in [4.78, 5) is 2.50. The van der Waals surface area contributed by atoms with Gasteiger partial charge in [-0.2, -0.15) is 0 Å². The predicted octanol–water partition coefficient (Wildman–Crippen LogP) is 3.50. The summed E-state index contributed by atoms with van der Waals surface area (Å²) in [6.45, 7) is 3.17. The molecule has 2 aliphatic rings. The second kappa shape index (κ2) is 5.53. The third kappa shape index (κ3) is 2.96. The second-order valence-electron chi connectivity index (χ2n) is 6.28. The van der Waals surface area contributed by atoms with Crippen LogP contribution in [-0.4, -0.2) is 12.6 Å². The van der Waals surface area contributed by atoms with Gasteiger partial charge in [-0.1, -0.05) is 42.5 Å². The van der Waals surface area contributed by atoms with E-state index < -0.39 is 0 Å². The maximum Gasteiger partial charge on any atom is 0.0429 e. The molecule has 21 heavy (non-hydrogen) atoms. The van der Waals surface area contributed by atoms with Crippen molar-refractivity contribution in [3.05, 3.63) is 65.2 Å². The van der Waals surface area contributed by atoms with E-state index in [0.717, 1.165) is 25.7 Å². The molecule has 4 rings (SSSR count). The van der Waals surface area contributed by atoms with E-state index in [1.165, 1.54) is 41.6 Å². The smallest absolute Gasteiger partial charge is 0.0429 e. The zero-order valence-electron chi connectivity index (χ0n) is 12.4. The minimum absolute atomic E-state index is 0.777. The van der Waals surface area contributed by atoms with Crippen molar-refractivity contribution in [1.29, 1.82) is 0 Å². The SMILES string of the molecule is c1cc(CNC2CC2)cc(CN2CCc3ccccc32)c1. The maximum absolute atomic E-state index is 3.60. The van der Waals surface area contributed by atoms with Crippen molar-refractivity contribution in [3.63, 3.8) is 0 Å². The quantitative estimate of drug-likeness (QED) is 0.900. The third-order valence-corrected chi connectivity index (χ3v) is 4.52. The molecule has 1 aliphatic heterocycles. The first-order valence-corrected chi connectivity index (χ1v) is 8.02. The van der Waals surface area contributed by atoms with Crippen LogP contribution in [0.1, 0.15) is 29.5 Å². The van der Waals surface area contributed by atoms with E-state index in [9.17, 15) is 0 Å². The van der Waals surface area contributed by atoms with Gasteiger partial charge in [-0.15, -0.1) is 0 Å². The molecule has 0 amide bonds. The van der Waals surface area contributed by atoms with Crippen LogP contribution < -0.4 is 10.2 Å². The Morgan fingerprint density at radius 2 is 1.86 bits per heavy atom. The van der Waals surface area contributed by atoms with Gasteiger partial charge in [0.15, 0.2) is 0 Å². The highest BCUT2D eigenvalue weighted by atomic mass is 15.1. The van der Waals surface area contributed by atoms with Crippen LogP contribution in [0.15, 0.2) is 48.5 Å². The first kappa shape index (κ1) is 12.9. The summed E-state index contributed by atoms with van der Waals surface area (Å²) >= 11 is 0. The zero-order chi connectivity index (χ0) is 14.1. The Bertz CT molecular complexity index is 631. The Morgan fingerprint density at radius 3 is 2.76 bits per heavy atom. The summed E-state index contributed by atoms with van der Waals surface area (Å²) in [6, 6.07) is 18.6. The number of hydrogen-bond acceptors (Lipinski definition) is 2. The normalized spacial score (nSPS) is 17.0. The number of rotatable bonds is 5. The molecule has 2 aromatic carbocycles. The largest absolute Gasteiger partial charge is 0.367 e. The first-order chi connectivity index (χ1) is 10.4. The Labute approximate surface area is 126 Å². The Kier molecular flexibility index (Phi) is 3.40. The van der Waals surface area contributed by atoms with Gasteiger partial charge in [-0.3, -0.25) is 0 Å². The number of benzene rings is 2. The fraction of sp³-hybridized carbons (Fsp3) is 0.368. The van der Waals surface area contributed by atoms with Crippen molar-refractivity contribution in [2.75, 3.05) is 11.4 Å². The van der Waals surface area contributed by atoms with E-state index in [1.807, 2.05) is 0 Å². The lowest BCUT2D eigenvalue weighted by molar-refractivity contribution is 0.686. The van der Waals surface area contributed by atoms with Gasteiger partial charge in [0, 0.05) is 31.4 Å². The van der Waals surface area contributed by atoms with Crippen LogP contribution in [0.4, 0.5) is 5.69 Å². The number of fused-ring (bicyclic) bond motifs is 1. The lowest BCUT2D eigenvalue weighted by Gasteiger charge is -2.20. The van der Waals surface area contributed by atoms with Crippen molar-refractivity contribution in [3.8, 4) is 0 Å². The topological polar surface area (TPSA) is 15.3 Å². The monoisotopic (exact) mass is 278 g/mol. The van der Waals surface area contributed by atoms with Gasteiger partial charge in [0.1, 0.15) is 0 Å². The summed E-state index contributed by atoms with van der Waals surface area (Å²) in [5.41, 5.74) is 5.73. The van der Waals surface area contributed by atoms with E-state index in [2.05, 4.69) is 58.7 Å². The van der Waals surface area contributed by atoms with Gasteiger partial charge in [-0.25, -0.2) is 0 Å². The average molecular weight is 278 g/mol. The molecule has 1 aliphatic carbocycles. The number of para-hydroxylation sites is 1. The van der Waals surface area contributed by atoms with Crippen LogP contribution in [0, 0.1) is 0 Å². The summed E-state index contributed by atoms with van der Waals surface area (Å²) in [6.07, 6.45) is 3.88. The van der Waals surface area contributed by atoms with Crippen LogP contribution in [-0.2, 0) is 19.5 Å². The van der Waals surface area contributed by atoms with E-state index in [1.54, 1.807) is 0 Å². The van der Waals surface area contributed by atoms with Crippen molar-refractivity contribution in [1.82, 2.24) is 5.32 Å². The van der Waals surface area contributed by atoms with Gasteiger partial charge >= 0.3 is 0 Å². The van der Waals surface area contributed by atoms with Crippen LogP contribution in [0.25, 0.3) is 0 Å². The zero-order valence-corrected chi connectivity index (χ0v) is 12.4. The minimum atomic E-state index is 0.777. The summed E-state index contributed by atoms with van der Waals surface area (Å²) in [5.74, 6) is 0. The molecule has 108 valence electrons. The molecule has 1 heterocycles. The first-order valence-electron chi connectivity index (χ1n) is 8.02. The maximum atomic E-state index is 3.60. The molecule has 0 aromatic heterocycles. The number of anilines is 1. The fourth-order valence-electron chi connectivity index (χ4n) is 3.18. The van der Waals surface area contributed by atoms with Crippen LogP contribution >= 0.6 is 0 Å². The third-order valence-electron chi connectivity index (χ3n) is 4.52. The van der Waals surface area contributed by atoms with E-state index in [-0.39, 0.29) is 0 Å². The average Bonchev–Trinajstić information content (AvgIpc) is 3.27. The van der Waals surface area contributed by atoms with E-state index >= 15 is 0 Å². The number of nitrogens with one attached hydrogen (secondary N) is 1. The molecule has 0 bridgehead atoms. The van der Waals surface area contributed by atoms with Crippen LogP contribution in [0.3, 0.4) is 0 Å². The molecule has 2 aromatic rings. The van der Waals surface area contributed by atoms with Crippen LogP contribution in [0.5, 0.6) is 0 Å². The van der Waals surface area contributed by atoms with Crippen molar-refractivity contribution in [2.45, 2.75) is 38.4 Å². The van der Waals surface area contributed by atoms with E-state index in [0.29, 0.717) is 0 Å². The molecule has 1 saturated carbocycles. The fourth-order valence-corrected chi connectivity index (χ4v) is 3.18. The lowest BCUT2D eigenvalue weighted by Crippen LogP contribution is -2.20. The molecule has 1 fully saturated rings. The van der Waals surface area contributed by atoms with Gasteiger partial charge in [-0.05, 0) is 42.0 Å². The standard InChI is InChI=1S/C19H22N2/c1-2-7-19-17(6-1)10-11-21(19)14-16-5-3-4-15(12-16)13-20-18-8-9-18/h1-7,12,18,20H,8-11,13-14H2. The Morgan fingerprint density at radius 1 is 1.00 bits per heavy atom. The van der Waals surface area contributed by atoms with Crippen molar-refractivity contribution < 1.29 is 0 Å². The summed E-state index contributed by atoms with van der Waals surface area (Å²) in [7, 11) is 0. The lowest BCUT2D eigenvalue weighted by atomic mass is 10.1. The minimum Gasteiger partial charge on any atom is -0.367 e. The molecule has 0 atom stereocenters. The predicted molar refractivity (Wildman–Crippen MR) is 87.5 cm³/mol. The molecule has 0 unspecified atom stereocenters. The highest BCUT2D eigenvalue weighted by molar-refractivity contribution is 5.58. The summed E-state index contributed by atoms with van der Waals surface area (Å²) < 4.78 is 0. The highest BCUT2D eigenvalue weighted by Crippen LogP contribution is 2.29. The second-order valence-corrected chi connectivity index (χ2v) is 6.28. The Hall–Kier alpha value is -1.80. The van der Waals surface area contributed by atoms with E-state index in [4.69, 9.17) is 0 Å². The summed E-state index contributed by atoms with van der Waals surface area (Å²) in [5, 5.41) is 3.60. The van der Waals surface area contributed by atoms with Gasteiger partial charge in [0.25, 0.3) is 0 Å². The number of nitrogens with zero attached hydrogens (tertiary/aromatic N) is 1. The van der Waals surface area contributed by atoms with Gasteiger partial charge in [0.2, 0.25) is 0 Å². The van der Waals surface area contributed by atoms with Gasteiger partial charge < -0.3 is 10.2 Å². The highest BCUT2D eigenvalue weighted by Gasteiger charge is 2.20. The molecular weight excluding hydrogens is 256 g/mol. The van der Waals surface area contributed by atoms with Crippen LogP contribution in [0.2, 0.25) is 0 Å². The molecule has 0 radical (unpaired) electrons. The molecule has 2 heteroatoms. The Balaban J connectivity index is 1.46. The number of hydrogen-bond donors (Lipinski definition) is 1. The molecular formula is C19H22N2. The molecule has 2 nitrogen and oxygen atoms in total.